The molecule has 0 spiro atoms. The second kappa shape index (κ2) is 7.30. The van der Waals surface area contributed by atoms with E-state index in [1.165, 1.54) is 30.2 Å². The molecule has 8 heteroatoms. The van der Waals surface area contributed by atoms with E-state index in [2.05, 4.69) is 25.1 Å². The molecule has 0 aliphatic heterocycles. The number of nitrogens with zero attached hydrogens (tertiary/aromatic N) is 5. The minimum absolute atomic E-state index is 0.132. The van der Waals surface area contributed by atoms with E-state index < -0.39 is 0 Å². The van der Waals surface area contributed by atoms with Crippen LogP contribution in [0.3, 0.4) is 0 Å². The minimum atomic E-state index is -0.224. The number of aromatic nitrogens is 5. The van der Waals surface area contributed by atoms with Crippen LogP contribution in [0.4, 0.5) is 0 Å². The number of hydrogen-bond donors (Lipinski definition) is 1. The Labute approximate surface area is 156 Å². The highest BCUT2D eigenvalue weighted by atomic mass is 16.1. The number of hydrogen-bond acceptors (Lipinski definition) is 5. The lowest BCUT2D eigenvalue weighted by Gasteiger charge is -2.24. The van der Waals surface area contributed by atoms with Crippen molar-refractivity contribution < 1.29 is 4.79 Å². The second-order valence-corrected chi connectivity index (χ2v) is 7.02. The first-order chi connectivity index (χ1) is 13.1. The highest BCUT2D eigenvalue weighted by Gasteiger charge is 2.19. The average molecular weight is 366 g/mol. The molecule has 1 saturated carbocycles. The number of carbonyl (C=O) groups is 1. The Hall–Kier alpha value is -3.03. The molecule has 2 aromatic heterocycles. The summed E-state index contributed by atoms with van der Waals surface area (Å²) in [6.45, 7) is 0.317. The quantitative estimate of drug-likeness (QED) is 0.762. The standard InChI is InChI=1S/C19H22N6O2/c1-24-11-21-16-9-13(7-8-15(16)19(24)27)18(26)20-10-17-23-22-12-25(17)14-5-3-2-4-6-14/h7-9,11-12,14H,2-6,10H2,1H3,(H,20,26). The molecule has 1 aromatic carbocycles. The molecule has 0 bridgehead atoms. The maximum absolute atomic E-state index is 12.5. The molecule has 1 fully saturated rings. The summed E-state index contributed by atoms with van der Waals surface area (Å²) in [5.74, 6) is 0.542. The number of carbonyl (C=O) groups excluding carboxylic acids is 1. The van der Waals surface area contributed by atoms with Gasteiger partial charge in [0.05, 0.1) is 23.8 Å². The molecule has 140 valence electrons. The van der Waals surface area contributed by atoms with Crippen LogP contribution in [0.15, 0.2) is 35.6 Å². The molecule has 0 radical (unpaired) electrons. The van der Waals surface area contributed by atoms with Crippen molar-refractivity contribution in [3.05, 3.63) is 52.6 Å². The Balaban J connectivity index is 1.49. The summed E-state index contributed by atoms with van der Waals surface area (Å²) < 4.78 is 3.51. The number of aryl methyl sites for hydroxylation is 1. The van der Waals surface area contributed by atoms with Gasteiger partial charge in [-0.1, -0.05) is 19.3 Å². The van der Waals surface area contributed by atoms with Gasteiger partial charge in [-0.3, -0.25) is 9.59 Å². The molecule has 2 heterocycles. The van der Waals surface area contributed by atoms with Crippen molar-refractivity contribution in [1.29, 1.82) is 0 Å². The molecule has 8 nitrogen and oxygen atoms in total. The van der Waals surface area contributed by atoms with Crippen molar-refractivity contribution in [3.8, 4) is 0 Å². The van der Waals surface area contributed by atoms with Gasteiger partial charge in [0.15, 0.2) is 5.82 Å². The third-order valence-corrected chi connectivity index (χ3v) is 5.20. The number of nitrogens with one attached hydrogen (secondary N) is 1. The molecule has 0 atom stereocenters. The van der Waals surface area contributed by atoms with Crippen molar-refractivity contribution in [2.75, 3.05) is 0 Å². The van der Waals surface area contributed by atoms with E-state index in [0.717, 1.165) is 18.7 Å². The van der Waals surface area contributed by atoms with Gasteiger partial charge in [-0.15, -0.1) is 10.2 Å². The maximum atomic E-state index is 12.5. The Morgan fingerprint density at radius 2 is 2.04 bits per heavy atom. The Kier molecular flexibility index (Phi) is 4.70. The Morgan fingerprint density at radius 3 is 2.85 bits per heavy atom. The van der Waals surface area contributed by atoms with Gasteiger partial charge in [-0.05, 0) is 31.0 Å². The SMILES string of the molecule is Cn1cnc2cc(C(=O)NCc3nncn3C3CCCCC3)ccc2c1=O. The molecular weight excluding hydrogens is 344 g/mol. The van der Waals surface area contributed by atoms with Gasteiger partial charge >= 0.3 is 0 Å². The summed E-state index contributed by atoms with van der Waals surface area (Å²) >= 11 is 0. The van der Waals surface area contributed by atoms with Gasteiger partial charge in [0.25, 0.3) is 11.5 Å². The van der Waals surface area contributed by atoms with E-state index in [1.807, 2.05) is 0 Å². The lowest BCUT2D eigenvalue weighted by Crippen LogP contribution is -2.26. The fourth-order valence-corrected chi connectivity index (χ4v) is 3.67. The van der Waals surface area contributed by atoms with Crippen LogP contribution >= 0.6 is 0 Å². The minimum Gasteiger partial charge on any atom is -0.345 e. The fourth-order valence-electron chi connectivity index (χ4n) is 3.67. The smallest absolute Gasteiger partial charge is 0.260 e. The molecule has 1 aliphatic carbocycles. The Bertz CT molecular complexity index is 1030. The normalized spacial score (nSPS) is 15.1. The zero-order chi connectivity index (χ0) is 18.8. The monoisotopic (exact) mass is 366 g/mol. The summed E-state index contributed by atoms with van der Waals surface area (Å²) in [4.78, 5) is 28.9. The van der Waals surface area contributed by atoms with Crippen LogP contribution in [0.1, 0.15) is 54.3 Å². The second-order valence-electron chi connectivity index (χ2n) is 7.02. The topological polar surface area (TPSA) is 94.7 Å². The zero-order valence-corrected chi connectivity index (χ0v) is 15.3. The van der Waals surface area contributed by atoms with Crippen molar-refractivity contribution in [2.45, 2.75) is 44.7 Å². The van der Waals surface area contributed by atoms with Crippen molar-refractivity contribution in [3.63, 3.8) is 0 Å². The zero-order valence-electron chi connectivity index (χ0n) is 15.3. The van der Waals surface area contributed by atoms with E-state index in [9.17, 15) is 9.59 Å². The highest BCUT2D eigenvalue weighted by molar-refractivity contribution is 5.97. The summed E-state index contributed by atoms with van der Waals surface area (Å²) in [7, 11) is 1.65. The van der Waals surface area contributed by atoms with Gasteiger partial charge in [0.1, 0.15) is 6.33 Å². The molecule has 0 unspecified atom stereocenters. The van der Waals surface area contributed by atoms with Crippen LogP contribution < -0.4 is 10.9 Å². The Morgan fingerprint density at radius 1 is 1.22 bits per heavy atom. The van der Waals surface area contributed by atoms with Crippen LogP contribution in [0.25, 0.3) is 10.9 Å². The molecule has 1 aliphatic rings. The first-order valence-electron chi connectivity index (χ1n) is 9.25. The number of benzene rings is 1. The number of rotatable bonds is 4. The summed E-state index contributed by atoms with van der Waals surface area (Å²) in [5, 5.41) is 11.6. The van der Waals surface area contributed by atoms with Gasteiger partial charge in [-0.25, -0.2) is 4.98 Å². The van der Waals surface area contributed by atoms with E-state index in [1.54, 1.807) is 31.6 Å². The number of amides is 1. The van der Waals surface area contributed by atoms with E-state index >= 15 is 0 Å². The van der Waals surface area contributed by atoms with E-state index in [4.69, 9.17) is 0 Å². The lowest BCUT2D eigenvalue weighted by molar-refractivity contribution is 0.0949. The molecule has 1 amide bonds. The van der Waals surface area contributed by atoms with E-state index in [0.29, 0.717) is 29.1 Å². The fraction of sp³-hybridized carbons (Fsp3) is 0.421. The van der Waals surface area contributed by atoms with Crippen molar-refractivity contribution >= 4 is 16.8 Å². The molecule has 4 rings (SSSR count). The molecule has 3 aromatic rings. The first kappa shape index (κ1) is 17.4. The van der Waals surface area contributed by atoms with Crippen LogP contribution in [-0.2, 0) is 13.6 Å². The lowest BCUT2D eigenvalue weighted by atomic mass is 9.95. The molecule has 27 heavy (non-hydrogen) atoms. The van der Waals surface area contributed by atoms with Gasteiger partial charge in [0, 0.05) is 18.7 Å². The van der Waals surface area contributed by atoms with E-state index in [-0.39, 0.29) is 11.5 Å². The van der Waals surface area contributed by atoms with Crippen LogP contribution in [0.2, 0.25) is 0 Å². The summed E-state index contributed by atoms with van der Waals surface area (Å²) in [6, 6.07) is 5.34. The van der Waals surface area contributed by atoms with Crippen LogP contribution in [0, 0.1) is 0 Å². The third kappa shape index (κ3) is 3.47. The van der Waals surface area contributed by atoms with Gasteiger partial charge in [0.2, 0.25) is 0 Å². The largest absolute Gasteiger partial charge is 0.345 e. The van der Waals surface area contributed by atoms with Crippen molar-refractivity contribution in [2.24, 2.45) is 7.05 Å². The van der Waals surface area contributed by atoms with Crippen molar-refractivity contribution in [1.82, 2.24) is 29.6 Å². The highest BCUT2D eigenvalue weighted by Crippen LogP contribution is 2.28. The average Bonchev–Trinajstić information content (AvgIpc) is 3.18. The van der Waals surface area contributed by atoms with Gasteiger partial charge in [-0.2, -0.15) is 0 Å². The van der Waals surface area contributed by atoms with Crippen LogP contribution in [-0.4, -0.2) is 30.2 Å². The van der Waals surface area contributed by atoms with Gasteiger partial charge < -0.3 is 14.5 Å². The van der Waals surface area contributed by atoms with Crippen LogP contribution in [0.5, 0.6) is 0 Å². The maximum Gasteiger partial charge on any atom is 0.260 e. The first-order valence-corrected chi connectivity index (χ1v) is 9.25. The third-order valence-electron chi connectivity index (χ3n) is 5.20. The summed E-state index contributed by atoms with van der Waals surface area (Å²) in [6.07, 6.45) is 9.20. The molecule has 0 saturated heterocycles. The molecule has 1 N–H and O–H groups in total. The predicted molar refractivity (Wildman–Crippen MR) is 100 cm³/mol. The predicted octanol–water partition coefficient (Wildman–Crippen LogP) is 1.96. The summed E-state index contributed by atoms with van der Waals surface area (Å²) in [5.41, 5.74) is 0.843. The number of fused-ring (bicyclic) bond motifs is 1. The molecular formula is C19H22N6O2.